The van der Waals surface area contributed by atoms with E-state index in [4.69, 9.17) is 10.2 Å². The summed E-state index contributed by atoms with van der Waals surface area (Å²) in [5.41, 5.74) is 0.134. The number of carboxylic acids is 1. The average molecular weight is 213 g/mol. The molecule has 2 fully saturated rings. The van der Waals surface area contributed by atoms with Gasteiger partial charge >= 0.3 is 12.1 Å². The second-order valence-electron chi connectivity index (χ2n) is 4.71. The fourth-order valence-corrected chi connectivity index (χ4v) is 2.74. The van der Waals surface area contributed by atoms with E-state index >= 15 is 0 Å². The molecule has 0 aromatic carbocycles. The summed E-state index contributed by atoms with van der Waals surface area (Å²) >= 11 is 0. The van der Waals surface area contributed by atoms with E-state index in [1.165, 1.54) is 4.90 Å². The summed E-state index contributed by atoms with van der Waals surface area (Å²) in [5, 5.41) is 17.6. The van der Waals surface area contributed by atoms with Crippen LogP contribution in [0.1, 0.15) is 25.7 Å². The van der Waals surface area contributed by atoms with Crippen molar-refractivity contribution in [1.29, 1.82) is 0 Å². The maximum Gasteiger partial charge on any atom is 0.407 e. The smallest absolute Gasteiger partial charge is 0.407 e. The molecular formula is C10H15NO4. The monoisotopic (exact) mass is 213 g/mol. The van der Waals surface area contributed by atoms with Crippen molar-refractivity contribution in [2.45, 2.75) is 25.7 Å². The van der Waals surface area contributed by atoms with E-state index in [9.17, 15) is 9.59 Å². The lowest BCUT2D eigenvalue weighted by atomic mass is 9.57. The van der Waals surface area contributed by atoms with Crippen LogP contribution in [0.2, 0.25) is 0 Å². The Labute approximate surface area is 87.7 Å². The molecule has 15 heavy (non-hydrogen) atoms. The molecule has 1 aliphatic carbocycles. The van der Waals surface area contributed by atoms with E-state index in [1.54, 1.807) is 0 Å². The Kier molecular flexibility index (Phi) is 2.32. The van der Waals surface area contributed by atoms with Gasteiger partial charge in [0.1, 0.15) is 0 Å². The first-order valence-corrected chi connectivity index (χ1v) is 5.23. The zero-order chi connectivity index (χ0) is 11.1. The lowest BCUT2D eigenvalue weighted by molar-refractivity contribution is -0.152. The van der Waals surface area contributed by atoms with E-state index in [0.717, 1.165) is 25.7 Å². The standard InChI is InChI=1S/C10H15NO4/c12-8(13)7-5-10(6-7)1-3-11(4-2-10)9(14)15/h7H,1-6H2,(H,12,13)(H,14,15). The summed E-state index contributed by atoms with van der Waals surface area (Å²) in [6.07, 6.45) is 2.25. The van der Waals surface area contributed by atoms with Gasteiger partial charge in [0.15, 0.2) is 0 Å². The molecule has 1 heterocycles. The zero-order valence-electron chi connectivity index (χ0n) is 8.48. The van der Waals surface area contributed by atoms with Gasteiger partial charge in [-0.15, -0.1) is 0 Å². The Morgan fingerprint density at radius 1 is 1.13 bits per heavy atom. The summed E-state index contributed by atoms with van der Waals surface area (Å²) in [4.78, 5) is 22.8. The van der Waals surface area contributed by atoms with E-state index in [2.05, 4.69) is 0 Å². The van der Waals surface area contributed by atoms with E-state index in [-0.39, 0.29) is 11.3 Å². The molecule has 0 aromatic rings. The molecule has 0 unspecified atom stereocenters. The first-order valence-electron chi connectivity index (χ1n) is 5.23. The maximum atomic E-state index is 10.7. The third-order valence-electron chi connectivity index (χ3n) is 3.80. The van der Waals surface area contributed by atoms with Crippen molar-refractivity contribution in [2.75, 3.05) is 13.1 Å². The minimum atomic E-state index is -0.862. The van der Waals surface area contributed by atoms with Crippen LogP contribution in [0.15, 0.2) is 0 Å². The number of carboxylic acid groups (broad SMARTS) is 2. The summed E-state index contributed by atoms with van der Waals surface area (Å²) in [6.45, 7) is 1.11. The van der Waals surface area contributed by atoms with Crippen LogP contribution < -0.4 is 0 Å². The normalized spacial score (nSPS) is 24.9. The fraction of sp³-hybridized carbons (Fsp3) is 0.800. The molecule has 1 amide bonds. The summed E-state index contributed by atoms with van der Waals surface area (Å²) in [5.74, 6) is -0.900. The van der Waals surface area contributed by atoms with Crippen molar-refractivity contribution in [3.05, 3.63) is 0 Å². The molecular weight excluding hydrogens is 198 g/mol. The van der Waals surface area contributed by atoms with Crippen LogP contribution in [0.25, 0.3) is 0 Å². The van der Waals surface area contributed by atoms with Crippen molar-refractivity contribution in [2.24, 2.45) is 11.3 Å². The van der Waals surface area contributed by atoms with Crippen LogP contribution in [-0.2, 0) is 4.79 Å². The van der Waals surface area contributed by atoms with E-state index in [1.807, 2.05) is 0 Å². The van der Waals surface area contributed by atoms with Gasteiger partial charge in [0, 0.05) is 13.1 Å². The lowest BCUT2D eigenvalue weighted by Crippen LogP contribution is -2.50. The topological polar surface area (TPSA) is 77.8 Å². The molecule has 0 bridgehead atoms. The molecule has 0 aromatic heterocycles. The Morgan fingerprint density at radius 2 is 1.67 bits per heavy atom. The van der Waals surface area contributed by atoms with Crippen LogP contribution >= 0.6 is 0 Å². The van der Waals surface area contributed by atoms with Crippen molar-refractivity contribution < 1.29 is 19.8 Å². The largest absolute Gasteiger partial charge is 0.481 e. The maximum absolute atomic E-state index is 10.7. The van der Waals surface area contributed by atoms with Gasteiger partial charge in [-0.2, -0.15) is 0 Å². The quantitative estimate of drug-likeness (QED) is 0.687. The number of aliphatic carboxylic acids is 1. The molecule has 5 heteroatoms. The number of amides is 1. The first-order chi connectivity index (χ1) is 7.02. The van der Waals surface area contributed by atoms with E-state index in [0.29, 0.717) is 13.1 Å². The van der Waals surface area contributed by atoms with Crippen molar-refractivity contribution in [3.8, 4) is 0 Å². The number of rotatable bonds is 1. The highest BCUT2D eigenvalue weighted by Crippen LogP contribution is 2.52. The van der Waals surface area contributed by atoms with Gasteiger partial charge in [-0.05, 0) is 31.1 Å². The summed E-state index contributed by atoms with van der Waals surface area (Å²) < 4.78 is 0. The number of piperidine rings is 1. The minimum absolute atomic E-state index is 0.134. The molecule has 5 nitrogen and oxygen atoms in total. The lowest BCUT2D eigenvalue weighted by Gasteiger charge is -2.50. The van der Waals surface area contributed by atoms with Gasteiger partial charge < -0.3 is 15.1 Å². The minimum Gasteiger partial charge on any atom is -0.481 e. The Hall–Kier alpha value is -1.26. The van der Waals surface area contributed by atoms with Gasteiger partial charge in [-0.1, -0.05) is 0 Å². The van der Waals surface area contributed by atoms with E-state index < -0.39 is 12.1 Å². The van der Waals surface area contributed by atoms with Crippen molar-refractivity contribution in [1.82, 2.24) is 4.90 Å². The molecule has 0 radical (unpaired) electrons. The van der Waals surface area contributed by atoms with Crippen LogP contribution in [0.3, 0.4) is 0 Å². The number of hydrogen-bond donors (Lipinski definition) is 2. The second kappa shape index (κ2) is 3.40. The molecule has 1 aliphatic heterocycles. The molecule has 1 saturated carbocycles. The highest BCUT2D eigenvalue weighted by Gasteiger charge is 2.48. The van der Waals surface area contributed by atoms with Gasteiger partial charge in [-0.25, -0.2) is 4.79 Å². The van der Waals surface area contributed by atoms with Crippen LogP contribution in [0.4, 0.5) is 4.79 Å². The Bertz CT molecular complexity index is 286. The predicted octanol–water partition coefficient (Wildman–Crippen LogP) is 1.24. The molecule has 2 rings (SSSR count). The SMILES string of the molecule is O=C(O)C1CC2(CCN(C(=O)O)CC2)C1. The van der Waals surface area contributed by atoms with Crippen LogP contribution in [0, 0.1) is 11.3 Å². The molecule has 84 valence electrons. The van der Waals surface area contributed by atoms with Crippen molar-refractivity contribution >= 4 is 12.1 Å². The second-order valence-corrected chi connectivity index (χ2v) is 4.71. The Morgan fingerprint density at radius 3 is 2.07 bits per heavy atom. The highest BCUT2D eigenvalue weighted by molar-refractivity contribution is 5.71. The van der Waals surface area contributed by atoms with Crippen LogP contribution in [-0.4, -0.2) is 40.3 Å². The Balaban J connectivity index is 1.85. The third kappa shape index (κ3) is 1.78. The third-order valence-corrected chi connectivity index (χ3v) is 3.80. The van der Waals surface area contributed by atoms with Crippen molar-refractivity contribution in [3.63, 3.8) is 0 Å². The van der Waals surface area contributed by atoms with Gasteiger partial charge in [0.2, 0.25) is 0 Å². The van der Waals surface area contributed by atoms with Gasteiger partial charge in [0.25, 0.3) is 0 Å². The fourth-order valence-electron chi connectivity index (χ4n) is 2.74. The zero-order valence-corrected chi connectivity index (χ0v) is 8.48. The summed E-state index contributed by atoms with van der Waals surface area (Å²) in [6, 6.07) is 0. The number of nitrogens with zero attached hydrogens (tertiary/aromatic N) is 1. The number of likely N-dealkylation sites (tertiary alicyclic amines) is 1. The molecule has 2 N–H and O–H groups in total. The summed E-state index contributed by atoms with van der Waals surface area (Å²) in [7, 11) is 0. The molecule has 2 aliphatic rings. The highest BCUT2D eigenvalue weighted by atomic mass is 16.4. The average Bonchev–Trinajstić information content (AvgIpc) is 2.13. The molecule has 1 spiro atoms. The van der Waals surface area contributed by atoms with Gasteiger partial charge in [-0.3, -0.25) is 4.79 Å². The first kappa shape index (κ1) is 10.3. The van der Waals surface area contributed by atoms with Crippen LogP contribution in [0.5, 0.6) is 0 Å². The predicted molar refractivity (Wildman–Crippen MR) is 51.6 cm³/mol. The number of hydrogen-bond acceptors (Lipinski definition) is 2. The van der Waals surface area contributed by atoms with Gasteiger partial charge in [0.05, 0.1) is 5.92 Å². The number of carbonyl (C=O) groups is 2. The molecule has 1 saturated heterocycles. The molecule has 0 atom stereocenters.